The lowest BCUT2D eigenvalue weighted by atomic mass is 9.88. The number of rotatable bonds is 4. The minimum atomic E-state index is 0.102. The fraction of sp³-hybridized carbons (Fsp3) is 0.739. The normalized spacial score (nSPS) is 17.3. The van der Waals surface area contributed by atoms with E-state index < -0.39 is 0 Å². The molecule has 4 rings (SSSR count). The molecule has 2 aromatic heterocycles. The second-order valence-corrected chi connectivity index (χ2v) is 10.3. The van der Waals surface area contributed by atoms with Gasteiger partial charge in [0.05, 0.1) is 31.2 Å². The molecule has 0 amide bonds. The van der Waals surface area contributed by atoms with Crippen molar-refractivity contribution in [3.8, 4) is 5.75 Å². The zero-order chi connectivity index (χ0) is 20.7. The van der Waals surface area contributed by atoms with Crippen LogP contribution < -0.4 is 4.74 Å². The predicted octanol–water partition coefficient (Wildman–Crippen LogP) is 5.60. The number of aromatic nitrogens is 4. The van der Waals surface area contributed by atoms with Crippen LogP contribution in [0, 0.1) is 0 Å². The highest BCUT2D eigenvalue weighted by Crippen LogP contribution is 2.44. The van der Waals surface area contributed by atoms with Crippen LogP contribution in [0.5, 0.6) is 5.75 Å². The summed E-state index contributed by atoms with van der Waals surface area (Å²) in [4.78, 5) is 0. The molecular weight excluding hydrogens is 348 g/mol. The minimum absolute atomic E-state index is 0.102. The van der Waals surface area contributed by atoms with Gasteiger partial charge in [-0.15, -0.1) is 0 Å². The summed E-state index contributed by atoms with van der Waals surface area (Å²) in [6, 6.07) is 0.619. The van der Waals surface area contributed by atoms with Crippen molar-refractivity contribution >= 4 is 0 Å². The molecule has 28 heavy (non-hydrogen) atoms. The first-order valence-corrected chi connectivity index (χ1v) is 10.8. The molecule has 0 aromatic carbocycles. The van der Waals surface area contributed by atoms with Crippen LogP contribution >= 0.6 is 0 Å². The molecule has 0 atom stereocenters. The Morgan fingerprint density at radius 1 is 0.929 bits per heavy atom. The van der Waals surface area contributed by atoms with Crippen LogP contribution in [0.15, 0.2) is 12.4 Å². The van der Waals surface area contributed by atoms with Crippen LogP contribution in [-0.2, 0) is 17.4 Å². The third-order valence-electron chi connectivity index (χ3n) is 5.48. The summed E-state index contributed by atoms with van der Waals surface area (Å²) in [5.74, 6) is 1.73. The van der Waals surface area contributed by atoms with Gasteiger partial charge in [-0.1, -0.05) is 41.5 Å². The molecule has 2 aliphatic carbocycles. The summed E-state index contributed by atoms with van der Waals surface area (Å²) in [5, 5.41) is 8.89. The van der Waals surface area contributed by atoms with E-state index in [9.17, 15) is 0 Å². The quantitative estimate of drug-likeness (QED) is 0.687. The number of aryl methyl sites for hydroxylation is 1. The Balaban J connectivity index is 0.000000161. The lowest BCUT2D eigenvalue weighted by Crippen LogP contribution is -2.19. The average Bonchev–Trinajstić information content (AvgIpc) is 3.53. The van der Waals surface area contributed by atoms with Gasteiger partial charge in [0.1, 0.15) is 0 Å². The Hall–Kier alpha value is -1.78. The highest BCUT2D eigenvalue weighted by Gasteiger charge is 2.33. The largest absolute Gasteiger partial charge is 0.493 e. The number of nitrogens with zero attached hydrogens (tertiary/aromatic N) is 4. The van der Waals surface area contributed by atoms with Crippen LogP contribution in [0.3, 0.4) is 0 Å². The summed E-state index contributed by atoms with van der Waals surface area (Å²) in [6.07, 6.45) is 9.15. The average molecular weight is 387 g/mol. The number of hydrogen-bond donors (Lipinski definition) is 0. The highest BCUT2D eigenvalue weighted by atomic mass is 16.5. The van der Waals surface area contributed by atoms with Gasteiger partial charge in [-0.05, 0) is 44.1 Å². The molecule has 5 heteroatoms. The molecule has 2 aliphatic rings. The van der Waals surface area contributed by atoms with E-state index in [1.165, 1.54) is 42.6 Å². The van der Waals surface area contributed by atoms with Crippen molar-refractivity contribution in [3.05, 3.63) is 29.3 Å². The summed E-state index contributed by atoms with van der Waals surface area (Å²) < 4.78 is 9.65. The standard InChI is InChI=1S/C12H20N2.C11H18N2O/c1-5-14-11(12(2,3)4)10(8-13-14)9-6-7-9;1-11(2,3)10-9(14-4)7-12-13(10)8-5-6-8/h8-9H,5-7H2,1-4H3;7-8H,5-6H2,1-4H3. The maximum atomic E-state index is 5.35. The first kappa shape index (κ1) is 20.9. The molecule has 156 valence electrons. The maximum absolute atomic E-state index is 5.35. The first-order valence-electron chi connectivity index (χ1n) is 10.8. The molecule has 2 saturated carbocycles. The molecule has 0 bridgehead atoms. The highest BCUT2D eigenvalue weighted by molar-refractivity contribution is 5.32. The Morgan fingerprint density at radius 3 is 1.96 bits per heavy atom. The van der Waals surface area contributed by atoms with Crippen molar-refractivity contribution < 1.29 is 4.74 Å². The number of methoxy groups -OCH3 is 1. The van der Waals surface area contributed by atoms with Gasteiger partial charge in [0, 0.05) is 23.1 Å². The second-order valence-electron chi connectivity index (χ2n) is 10.3. The van der Waals surface area contributed by atoms with Crippen molar-refractivity contribution in [2.75, 3.05) is 7.11 Å². The summed E-state index contributed by atoms with van der Waals surface area (Å²) in [7, 11) is 1.71. The van der Waals surface area contributed by atoms with Gasteiger partial charge in [-0.25, -0.2) is 0 Å². The fourth-order valence-corrected chi connectivity index (χ4v) is 3.96. The molecule has 0 radical (unpaired) electrons. The maximum Gasteiger partial charge on any atom is 0.160 e. The molecule has 0 N–H and O–H groups in total. The molecule has 2 fully saturated rings. The van der Waals surface area contributed by atoms with Gasteiger partial charge < -0.3 is 4.74 Å². The molecule has 2 aromatic rings. The fourth-order valence-electron chi connectivity index (χ4n) is 3.96. The first-order chi connectivity index (χ1) is 13.1. The topological polar surface area (TPSA) is 44.9 Å². The molecule has 5 nitrogen and oxygen atoms in total. The van der Waals surface area contributed by atoms with Crippen LogP contribution in [0.2, 0.25) is 0 Å². The summed E-state index contributed by atoms with van der Waals surface area (Å²) in [5.41, 5.74) is 4.50. The zero-order valence-corrected chi connectivity index (χ0v) is 19.0. The van der Waals surface area contributed by atoms with E-state index in [0.717, 1.165) is 18.2 Å². The second kappa shape index (κ2) is 7.57. The zero-order valence-electron chi connectivity index (χ0n) is 19.0. The number of ether oxygens (including phenoxy) is 1. The SMILES string of the molecule is CCn1ncc(C2CC2)c1C(C)(C)C.COc1cnn(C2CC2)c1C(C)(C)C. The van der Waals surface area contributed by atoms with E-state index in [4.69, 9.17) is 4.74 Å². The van der Waals surface area contributed by atoms with Gasteiger partial charge in [0.15, 0.2) is 5.75 Å². The molecular formula is C23H38N4O. The van der Waals surface area contributed by atoms with Gasteiger partial charge in [0.25, 0.3) is 0 Å². The lowest BCUT2D eigenvalue weighted by molar-refractivity contribution is 0.388. The van der Waals surface area contributed by atoms with Crippen LogP contribution in [0.25, 0.3) is 0 Å². The van der Waals surface area contributed by atoms with E-state index in [2.05, 4.69) is 74.2 Å². The van der Waals surface area contributed by atoms with Crippen molar-refractivity contribution in [2.45, 2.75) is 103 Å². The van der Waals surface area contributed by atoms with Crippen molar-refractivity contribution in [1.29, 1.82) is 0 Å². The van der Waals surface area contributed by atoms with E-state index in [-0.39, 0.29) is 10.8 Å². The molecule has 0 spiro atoms. The van der Waals surface area contributed by atoms with E-state index in [0.29, 0.717) is 6.04 Å². The molecule has 0 aliphatic heterocycles. The Kier molecular flexibility index (Phi) is 5.66. The van der Waals surface area contributed by atoms with Crippen molar-refractivity contribution in [2.24, 2.45) is 0 Å². The molecule has 0 saturated heterocycles. The van der Waals surface area contributed by atoms with E-state index in [1.807, 2.05) is 6.20 Å². The van der Waals surface area contributed by atoms with Gasteiger partial charge >= 0.3 is 0 Å². The lowest BCUT2D eigenvalue weighted by Gasteiger charge is -2.22. The monoisotopic (exact) mass is 386 g/mol. The van der Waals surface area contributed by atoms with Gasteiger partial charge in [0.2, 0.25) is 0 Å². The smallest absolute Gasteiger partial charge is 0.160 e. The Morgan fingerprint density at radius 2 is 1.54 bits per heavy atom. The number of hydrogen-bond acceptors (Lipinski definition) is 3. The summed E-state index contributed by atoms with van der Waals surface area (Å²) >= 11 is 0. The van der Waals surface area contributed by atoms with Gasteiger partial charge in [-0.2, -0.15) is 10.2 Å². The van der Waals surface area contributed by atoms with Crippen molar-refractivity contribution in [3.63, 3.8) is 0 Å². The van der Waals surface area contributed by atoms with E-state index in [1.54, 1.807) is 7.11 Å². The molecule has 0 unspecified atom stereocenters. The van der Waals surface area contributed by atoms with Crippen LogP contribution in [0.1, 0.15) is 103 Å². The molecule has 2 heterocycles. The van der Waals surface area contributed by atoms with Gasteiger partial charge in [-0.3, -0.25) is 9.36 Å². The summed E-state index contributed by atoms with van der Waals surface area (Å²) in [6.45, 7) is 16.6. The van der Waals surface area contributed by atoms with E-state index >= 15 is 0 Å². The third-order valence-corrected chi connectivity index (χ3v) is 5.48. The van der Waals surface area contributed by atoms with Crippen molar-refractivity contribution in [1.82, 2.24) is 19.6 Å². The third kappa shape index (κ3) is 4.44. The van der Waals surface area contributed by atoms with Crippen LogP contribution in [-0.4, -0.2) is 26.7 Å². The Labute approximate surface area is 170 Å². The predicted molar refractivity (Wildman–Crippen MR) is 114 cm³/mol. The minimum Gasteiger partial charge on any atom is -0.493 e. The van der Waals surface area contributed by atoms with Crippen LogP contribution in [0.4, 0.5) is 0 Å². The Bertz CT molecular complexity index is 727.